The zero-order chi connectivity index (χ0) is 14.9. The quantitative estimate of drug-likeness (QED) is 0.796. The number of rotatable bonds is 8. The molecule has 1 aromatic rings. The number of nitrogens with zero attached hydrogens (tertiary/aromatic N) is 2. The van der Waals surface area contributed by atoms with E-state index in [4.69, 9.17) is 4.74 Å². The summed E-state index contributed by atoms with van der Waals surface area (Å²) in [5.41, 5.74) is 2.67. The predicted molar refractivity (Wildman–Crippen MR) is 86.7 cm³/mol. The van der Waals surface area contributed by atoms with Gasteiger partial charge in [-0.3, -0.25) is 4.90 Å². The molecule has 1 aliphatic heterocycles. The van der Waals surface area contributed by atoms with Crippen LogP contribution in [-0.2, 0) is 11.3 Å². The van der Waals surface area contributed by atoms with Gasteiger partial charge >= 0.3 is 0 Å². The molecule has 0 aromatic heterocycles. The van der Waals surface area contributed by atoms with Crippen molar-refractivity contribution >= 4 is 5.69 Å². The zero-order valence-electron chi connectivity index (χ0n) is 13.1. The van der Waals surface area contributed by atoms with Crippen LogP contribution in [-0.4, -0.2) is 56.0 Å². The van der Waals surface area contributed by atoms with Crippen molar-refractivity contribution in [3.8, 4) is 0 Å². The highest BCUT2D eigenvalue weighted by Crippen LogP contribution is 2.23. The van der Waals surface area contributed by atoms with Crippen LogP contribution in [0.3, 0.4) is 0 Å². The van der Waals surface area contributed by atoms with Crippen LogP contribution in [0.2, 0.25) is 0 Å². The molecule has 1 N–H and O–H groups in total. The van der Waals surface area contributed by atoms with E-state index in [0.717, 1.165) is 45.9 Å². The minimum absolute atomic E-state index is 0.226. The lowest BCUT2D eigenvalue weighted by molar-refractivity contribution is 0.122. The number of aliphatic hydroxyl groups is 1. The second-order valence-electron chi connectivity index (χ2n) is 5.58. The number of morpholine rings is 1. The zero-order valence-corrected chi connectivity index (χ0v) is 13.1. The first kappa shape index (κ1) is 16.3. The first-order valence-electron chi connectivity index (χ1n) is 8.09. The fourth-order valence-corrected chi connectivity index (χ4v) is 2.79. The van der Waals surface area contributed by atoms with Gasteiger partial charge in [-0.2, -0.15) is 0 Å². The summed E-state index contributed by atoms with van der Waals surface area (Å²) in [6.07, 6.45) is 2.37. The first-order valence-corrected chi connectivity index (χ1v) is 8.09. The minimum Gasteiger partial charge on any atom is -0.395 e. The second kappa shape index (κ2) is 9.03. The summed E-state index contributed by atoms with van der Waals surface area (Å²) < 4.78 is 5.45. The molecule has 2 rings (SSSR count). The standard InChI is InChI=1S/C17H28N2O2/c1-2-3-8-18(9-12-20)15-16-6-4-5-7-17(16)19-10-13-21-14-11-19/h4-7,20H,2-3,8-15H2,1H3. The molecule has 118 valence electrons. The van der Waals surface area contributed by atoms with E-state index in [9.17, 15) is 5.11 Å². The molecular weight excluding hydrogens is 264 g/mol. The molecule has 0 saturated carbocycles. The van der Waals surface area contributed by atoms with E-state index in [1.165, 1.54) is 24.1 Å². The summed E-state index contributed by atoms with van der Waals surface area (Å²) in [4.78, 5) is 4.76. The number of ether oxygens (including phenoxy) is 1. The van der Waals surface area contributed by atoms with E-state index in [-0.39, 0.29) is 6.61 Å². The van der Waals surface area contributed by atoms with E-state index in [1.807, 2.05) is 0 Å². The van der Waals surface area contributed by atoms with Crippen molar-refractivity contribution in [2.75, 3.05) is 50.9 Å². The monoisotopic (exact) mass is 292 g/mol. The Kier molecular flexibility index (Phi) is 7.00. The van der Waals surface area contributed by atoms with Gasteiger partial charge in [-0.25, -0.2) is 0 Å². The predicted octanol–water partition coefficient (Wildman–Crippen LogP) is 2.12. The maximum Gasteiger partial charge on any atom is 0.0642 e. The molecule has 0 atom stereocenters. The van der Waals surface area contributed by atoms with E-state index in [1.54, 1.807) is 0 Å². The number of anilines is 1. The highest BCUT2D eigenvalue weighted by Gasteiger charge is 2.15. The number of para-hydroxylation sites is 1. The van der Waals surface area contributed by atoms with Gasteiger partial charge in [-0.15, -0.1) is 0 Å². The number of hydrogen-bond donors (Lipinski definition) is 1. The van der Waals surface area contributed by atoms with E-state index >= 15 is 0 Å². The van der Waals surface area contributed by atoms with Crippen molar-refractivity contribution in [3.05, 3.63) is 29.8 Å². The number of unbranched alkanes of at least 4 members (excludes halogenated alkanes) is 1. The molecule has 4 nitrogen and oxygen atoms in total. The van der Waals surface area contributed by atoms with Crippen LogP contribution < -0.4 is 4.90 Å². The van der Waals surface area contributed by atoms with Gasteiger partial charge in [0, 0.05) is 31.9 Å². The molecular formula is C17H28N2O2. The fraction of sp³-hybridized carbons (Fsp3) is 0.647. The average molecular weight is 292 g/mol. The van der Waals surface area contributed by atoms with Crippen LogP contribution in [0.15, 0.2) is 24.3 Å². The highest BCUT2D eigenvalue weighted by molar-refractivity contribution is 5.53. The molecule has 1 saturated heterocycles. The summed E-state index contributed by atoms with van der Waals surface area (Å²) in [6, 6.07) is 8.63. The SMILES string of the molecule is CCCCN(CCO)Cc1ccccc1N1CCOCC1. The molecule has 0 aliphatic carbocycles. The Balaban J connectivity index is 2.06. The van der Waals surface area contributed by atoms with Crippen LogP contribution in [0.25, 0.3) is 0 Å². The largest absolute Gasteiger partial charge is 0.395 e. The van der Waals surface area contributed by atoms with Crippen molar-refractivity contribution in [2.45, 2.75) is 26.3 Å². The van der Waals surface area contributed by atoms with E-state index in [2.05, 4.69) is 41.0 Å². The van der Waals surface area contributed by atoms with Crippen molar-refractivity contribution in [2.24, 2.45) is 0 Å². The fourth-order valence-electron chi connectivity index (χ4n) is 2.79. The van der Waals surface area contributed by atoms with Crippen molar-refractivity contribution in [1.82, 2.24) is 4.90 Å². The Bertz CT molecular complexity index is 406. The van der Waals surface area contributed by atoms with Gasteiger partial charge in [0.1, 0.15) is 0 Å². The summed E-state index contributed by atoms with van der Waals surface area (Å²) in [6.45, 7) is 8.69. The number of aliphatic hydroxyl groups excluding tert-OH is 1. The Labute approximate surface area is 128 Å². The van der Waals surface area contributed by atoms with Gasteiger partial charge in [-0.1, -0.05) is 31.5 Å². The van der Waals surface area contributed by atoms with Gasteiger partial charge in [0.25, 0.3) is 0 Å². The molecule has 1 fully saturated rings. The van der Waals surface area contributed by atoms with Crippen LogP contribution in [0, 0.1) is 0 Å². The topological polar surface area (TPSA) is 35.9 Å². The van der Waals surface area contributed by atoms with Crippen LogP contribution in [0.5, 0.6) is 0 Å². The molecule has 0 bridgehead atoms. The average Bonchev–Trinajstić information content (AvgIpc) is 2.54. The third-order valence-corrected chi connectivity index (χ3v) is 3.98. The third kappa shape index (κ3) is 4.99. The van der Waals surface area contributed by atoms with Crippen LogP contribution in [0.1, 0.15) is 25.3 Å². The Morgan fingerprint density at radius 1 is 1.19 bits per heavy atom. The maximum absolute atomic E-state index is 9.26. The molecule has 1 heterocycles. The molecule has 0 radical (unpaired) electrons. The maximum atomic E-state index is 9.26. The molecule has 4 heteroatoms. The van der Waals surface area contributed by atoms with Crippen LogP contribution in [0.4, 0.5) is 5.69 Å². The Morgan fingerprint density at radius 3 is 2.67 bits per heavy atom. The van der Waals surface area contributed by atoms with Crippen molar-refractivity contribution in [1.29, 1.82) is 0 Å². The van der Waals surface area contributed by atoms with Gasteiger partial charge in [0.05, 0.1) is 19.8 Å². The molecule has 1 aliphatic rings. The summed E-state index contributed by atoms with van der Waals surface area (Å²) in [7, 11) is 0. The van der Waals surface area contributed by atoms with Gasteiger partial charge in [0.15, 0.2) is 0 Å². The normalized spacial score (nSPS) is 15.7. The summed E-state index contributed by atoms with van der Waals surface area (Å²) in [5, 5.41) is 9.26. The molecule has 0 amide bonds. The Morgan fingerprint density at radius 2 is 1.95 bits per heavy atom. The van der Waals surface area contributed by atoms with Crippen molar-refractivity contribution in [3.63, 3.8) is 0 Å². The lowest BCUT2D eigenvalue weighted by Gasteiger charge is -2.32. The van der Waals surface area contributed by atoms with Gasteiger partial charge < -0.3 is 14.7 Å². The lowest BCUT2D eigenvalue weighted by atomic mass is 10.1. The number of benzene rings is 1. The molecule has 1 aromatic carbocycles. The van der Waals surface area contributed by atoms with E-state index < -0.39 is 0 Å². The first-order chi connectivity index (χ1) is 10.3. The summed E-state index contributed by atoms with van der Waals surface area (Å²) >= 11 is 0. The molecule has 0 spiro atoms. The number of hydrogen-bond acceptors (Lipinski definition) is 4. The smallest absolute Gasteiger partial charge is 0.0642 e. The highest BCUT2D eigenvalue weighted by atomic mass is 16.5. The minimum atomic E-state index is 0.226. The molecule has 21 heavy (non-hydrogen) atoms. The van der Waals surface area contributed by atoms with Crippen LogP contribution >= 0.6 is 0 Å². The third-order valence-electron chi connectivity index (χ3n) is 3.98. The van der Waals surface area contributed by atoms with Gasteiger partial charge in [-0.05, 0) is 24.6 Å². The van der Waals surface area contributed by atoms with E-state index in [0.29, 0.717) is 0 Å². The van der Waals surface area contributed by atoms with Crippen molar-refractivity contribution < 1.29 is 9.84 Å². The summed E-state index contributed by atoms with van der Waals surface area (Å²) in [5.74, 6) is 0. The Hall–Kier alpha value is -1.10. The second-order valence-corrected chi connectivity index (χ2v) is 5.58. The lowest BCUT2D eigenvalue weighted by Crippen LogP contribution is -2.37. The van der Waals surface area contributed by atoms with Gasteiger partial charge in [0.2, 0.25) is 0 Å². The molecule has 0 unspecified atom stereocenters.